The lowest BCUT2D eigenvalue weighted by atomic mass is 10.4. The van der Waals surface area contributed by atoms with Gasteiger partial charge in [0.1, 0.15) is 5.82 Å². The number of pyridine rings is 1. The van der Waals surface area contributed by atoms with Gasteiger partial charge in [0, 0.05) is 17.2 Å². The second kappa shape index (κ2) is 5.61. The minimum Gasteiger partial charge on any atom is -0.307 e. The summed E-state index contributed by atoms with van der Waals surface area (Å²) in [6, 6.07) is 8.98. The molecule has 3 nitrogen and oxygen atoms in total. The number of hydrogen-bond donors (Lipinski definition) is 1. The molecule has 0 aromatic carbocycles. The lowest BCUT2D eigenvalue weighted by Crippen LogP contribution is -2.08. The number of anilines is 1. The normalized spacial score (nSPS) is 10.6. The zero-order valence-electron chi connectivity index (χ0n) is 8.76. The molecule has 0 unspecified atom stereocenters. The Kier molecular flexibility index (Phi) is 3.90. The Morgan fingerprint density at radius 3 is 2.88 bits per heavy atom. The van der Waals surface area contributed by atoms with Crippen LogP contribution in [-0.4, -0.2) is 10.9 Å². The van der Waals surface area contributed by atoms with Crippen LogP contribution in [0.1, 0.15) is 4.88 Å². The van der Waals surface area contributed by atoms with Crippen molar-refractivity contribution in [2.45, 2.75) is 0 Å². The van der Waals surface area contributed by atoms with Crippen molar-refractivity contribution >= 4 is 40.7 Å². The van der Waals surface area contributed by atoms with E-state index in [0.29, 0.717) is 10.2 Å². The Morgan fingerprint density at radius 1 is 1.35 bits per heavy atom. The number of thiophene rings is 1. The second-order valence-corrected chi connectivity index (χ2v) is 4.93. The number of halogens is 1. The van der Waals surface area contributed by atoms with Crippen molar-refractivity contribution in [2.75, 3.05) is 5.32 Å². The molecule has 2 aromatic heterocycles. The highest BCUT2D eigenvalue weighted by molar-refractivity contribution is 7.17. The second-order valence-electron chi connectivity index (χ2n) is 3.18. The molecule has 0 fully saturated rings. The lowest BCUT2D eigenvalue weighted by Gasteiger charge is -1.98. The molecule has 0 radical (unpaired) electrons. The van der Waals surface area contributed by atoms with Crippen molar-refractivity contribution in [3.05, 3.63) is 51.8 Å². The topological polar surface area (TPSA) is 42.0 Å². The van der Waals surface area contributed by atoms with Gasteiger partial charge >= 0.3 is 0 Å². The minimum absolute atomic E-state index is 0.215. The van der Waals surface area contributed by atoms with E-state index in [1.54, 1.807) is 30.5 Å². The molecule has 0 spiro atoms. The van der Waals surface area contributed by atoms with Crippen LogP contribution in [0.3, 0.4) is 0 Å². The number of aromatic nitrogens is 1. The first-order valence-electron chi connectivity index (χ1n) is 4.89. The highest BCUT2D eigenvalue weighted by Gasteiger charge is 1.98. The van der Waals surface area contributed by atoms with E-state index in [4.69, 9.17) is 11.6 Å². The zero-order chi connectivity index (χ0) is 12.1. The molecule has 86 valence electrons. The highest BCUT2D eigenvalue weighted by atomic mass is 35.5. The molecule has 0 saturated heterocycles. The molecule has 2 aromatic rings. The molecule has 0 aliphatic heterocycles. The van der Waals surface area contributed by atoms with E-state index in [-0.39, 0.29) is 5.91 Å². The molecular formula is C12H9ClN2OS. The number of amides is 1. The third kappa shape index (κ3) is 3.69. The van der Waals surface area contributed by atoms with Crippen molar-refractivity contribution in [1.29, 1.82) is 0 Å². The molecule has 1 N–H and O–H groups in total. The van der Waals surface area contributed by atoms with Gasteiger partial charge < -0.3 is 5.32 Å². The maximum atomic E-state index is 11.5. The van der Waals surface area contributed by atoms with Crippen LogP contribution >= 0.6 is 22.9 Å². The smallest absolute Gasteiger partial charge is 0.249 e. The van der Waals surface area contributed by atoms with Crippen LogP contribution in [0.25, 0.3) is 6.08 Å². The first kappa shape index (κ1) is 11.8. The molecule has 5 heteroatoms. The van der Waals surface area contributed by atoms with Gasteiger partial charge in [0.15, 0.2) is 0 Å². The predicted molar refractivity (Wildman–Crippen MR) is 71.2 cm³/mol. The van der Waals surface area contributed by atoms with Gasteiger partial charge in [0.25, 0.3) is 0 Å². The quantitative estimate of drug-likeness (QED) is 0.863. The molecule has 17 heavy (non-hydrogen) atoms. The first-order valence-corrected chi connectivity index (χ1v) is 6.09. The standard InChI is InChI=1S/C12H9ClN2OS/c13-10-6-4-9(17-10)5-7-12(16)15-11-3-1-2-8-14-11/h1-8H,(H,14,15,16). The van der Waals surface area contributed by atoms with Gasteiger partial charge in [-0.1, -0.05) is 17.7 Å². The third-order valence-corrected chi connectivity index (χ3v) is 3.11. The molecule has 0 atom stereocenters. The molecule has 2 heterocycles. The summed E-state index contributed by atoms with van der Waals surface area (Å²) in [5, 5.41) is 2.65. The van der Waals surface area contributed by atoms with Crippen LogP contribution in [0.4, 0.5) is 5.82 Å². The predicted octanol–water partition coefficient (Wildman–Crippen LogP) is 3.45. The largest absolute Gasteiger partial charge is 0.307 e. The van der Waals surface area contributed by atoms with Crippen LogP contribution in [0.15, 0.2) is 42.6 Å². The Hall–Kier alpha value is -1.65. The fourth-order valence-corrected chi connectivity index (χ4v) is 2.14. The summed E-state index contributed by atoms with van der Waals surface area (Å²) in [4.78, 5) is 16.5. The summed E-state index contributed by atoms with van der Waals surface area (Å²) in [5.74, 6) is 0.319. The summed E-state index contributed by atoms with van der Waals surface area (Å²) >= 11 is 7.20. The van der Waals surface area contributed by atoms with Gasteiger partial charge in [-0.15, -0.1) is 11.3 Å². The van der Waals surface area contributed by atoms with E-state index in [1.807, 2.05) is 12.1 Å². The molecular weight excluding hydrogens is 256 g/mol. The average molecular weight is 265 g/mol. The maximum Gasteiger partial charge on any atom is 0.249 e. The Labute approximate surface area is 108 Å². The monoisotopic (exact) mass is 264 g/mol. The average Bonchev–Trinajstić information content (AvgIpc) is 2.74. The van der Waals surface area contributed by atoms with Gasteiger partial charge in [-0.3, -0.25) is 4.79 Å². The fourth-order valence-electron chi connectivity index (χ4n) is 1.18. The van der Waals surface area contributed by atoms with Crippen LogP contribution in [-0.2, 0) is 4.79 Å². The Morgan fingerprint density at radius 2 is 2.24 bits per heavy atom. The number of nitrogens with zero attached hydrogens (tertiary/aromatic N) is 1. The molecule has 0 saturated carbocycles. The molecule has 0 aliphatic carbocycles. The summed E-state index contributed by atoms with van der Waals surface area (Å²) < 4.78 is 0.704. The van der Waals surface area contributed by atoms with Gasteiger partial charge in [-0.05, 0) is 30.3 Å². The molecule has 0 aliphatic rings. The number of rotatable bonds is 3. The number of hydrogen-bond acceptors (Lipinski definition) is 3. The van der Waals surface area contributed by atoms with E-state index in [0.717, 1.165) is 4.88 Å². The highest BCUT2D eigenvalue weighted by Crippen LogP contribution is 2.22. The minimum atomic E-state index is -0.215. The van der Waals surface area contributed by atoms with Crippen molar-refractivity contribution in [3.8, 4) is 0 Å². The zero-order valence-corrected chi connectivity index (χ0v) is 10.3. The fraction of sp³-hybridized carbons (Fsp3) is 0. The van der Waals surface area contributed by atoms with Gasteiger partial charge in [-0.2, -0.15) is 0 Å². The summed E-state index contributed by atoms with van der Waals surface area (Å²) in [5.41, 5.74) is 0. The maximum absolute atomic E-state index is 11.5. The number of carbonyl (C=O) groups is 1. The SMILES string of the molecule is O=C(C=Cc1ccc(Cl)s1)Nc1ccccn1. The van der Waals surface area contributed by atoms with E-state index in [2.05, 4.69) is 10.3 Å². The van der Waals surface area contributed by atoms with Gasteiger partial charge in [0.05, 0.1) is 4.34 Å². The van der Waals surface area contributed by atoms with Crippen LogP contribution in [0, 0.1) is 0 Å². The van der Waals surface area contributed by atoms with Crippen LogP contribution in [0.5, 0.6) is 0 Å². The summed E-state index contributed by atoms with van der Waals surface area (Å²) in [6.07, 6.45) is 4.80. The van der Waals surface area contributed by atoms with E-state index >= 15 is 0 Å². The van der Waals surface area contributed by atoms with E-state index < -0.39 is 0 Å². The van der Waals surface area contributed by atoms with E-state index in [1.165, 1.54) is 17.4 Å². The molecule has 0 bridgehead atoms. The first-order chi connectivity index (χ1) is 8.24. The molecule has 1 amide bonds. The van der Waals surface area contributed by atoms with E-state index in [9.17, 15) is 4.79 Å². The van der Waals surface area contributed by atoms with Crippen LogP contribution in [0.2, 0.25) is 4.34 Å². The lowest BCUT2D eigenvalue weighted by molar-refractivity contribution is -0.111. The van der Waals surface area contributed by atoms with Crippen molar-refractivity contribution < 1.29 is 4.79 Å². The van der Waals surface area contributed by atoms with Crippen molar-refractivity contribution in [3.63, 3.8) is 0 Å². The number of nitrogens with one attached hydrogen (secondary N) is 1. The van der Waals surface area contributed by atoms with Gasteiger partial charge in [-0.25, -0.2) is 4.98 Å². The van der Waals surface area contributed by atoms with Crippen LogP contribution < -0.4 is 5.32 Å². The molecule has 2 rings (SSSR count). The Balaban J connectivity index is 1.96. The van der Waals surface area contributed by atoms with Crippen molar-refractivity contribution in [1.82, 2.24) is 4.98 Å². The summed E-state index contributed by atoms with van der Waals surface area (Å²) in [7, 11) is 0. The summed E-state index contributed by atoms with van der Waals surface area (Å²) in [6.45, 7) is 0. The van der Waals surface area contributed by atoms with Crippen molar-refractivity contribution in [2.24, 2.45) is 0 Å². The Bertz CT molecular complexity index is 536. The van der Waals surface area contributed by atoms with Gasteiger partial charge in [0.2, 0.25) is 5.91 Å². The number of carbonyl (C=O) groups excluding carboxylic acids is 1. The third-order valence-electron chi connectivity index (χ3n) is 1.91.